The zero-order valence-electron chi connectivity index (χ0n) is 11.5. The molecule has 19 heavy (non-hydrogen) atoms. The van der Waals surface area contributed by atoms with Crippen LogP contribution in [0.3, 0.4) is 0 Å². The van der Waals surface area contributed by atoms with Gasteiger partial charge in [-0.15, -0.1) is 0 Å². The fourth-order valence-corrected chi connectivity index (χ4v) is 2.39. The first-order valence-corrected chi connectivity index (χ1v) is 6.74. The van der Waals surface area contributed by atoms with E-state index < -0.39 is 5.97 Å². The van der Waals surface area contributed by atoms with Crippen LogP contribution in [0.15, 0.2) is 18.2 Å². The summed E-state index contributed by atoms with van der Waals surface area (Å²) in [6, 6.07) is 5.16. The topological polar surface area (TPSA) is 56.7 Å². The van der Waals surface area contributed by atoms with E-state index in [2.05, 4.69) is 28.6 Å². The van der Waals surface area contributed by atoms with Crippen molar-refractivity contribution in [1.82, 2.24) is 9.88 Å². The first-order chi connectivity index (χ1) is 9.06. The largest absolute Gasteiger partial charge is 0.477 e. The van der Waals surface area contributed by atoms with Crippen LogP contribution in [0.5, 0.6) is 0 Å². The Kier molecular flexibility index (Phi) is 4.37. The van der Waals surface area contributed by atoms with Crippen molar-refractivity contribution in [3.8, 4) is 0 Å². The molecule has 0 aliphatic carbocycles. The molecular weight excluding hydrogens is 242 g/mol. The molecule has 0 bridgehead atoms. The number of rotatable bonds is 4. The number of carboxylic acid groups (broad SMARTS) is 1. The van der Waals surface area contributed by atoms with Crippen LogP contribution in [0.4, 0.5) is 5.82 Å². The van der Waals surface area contributed by atoms with Crippen LogP contribution in [-0.2, 0) is 0 Å². The van der Waals surface area contributed by atoms with Crippen molar-refractivity contribution in [3.05, 3.63) is 23.9 Å². The molecule has 0 amide bonds. The maximum Gasteiger partial charge on any atom is 0.354 e. The van der Waals surface area contributed by atoms with Gasteiger partial charge in [-0.2, -0.15) is 0 Å². The quantitative estimate of drug-likeness (QED) is 0.893. The minimum Gasteiger partial charge on any atom is -0.477 e. The van der Waals surface area contributed by atoms with Gasteiger partial charge in [0.05, 0.1) is 0 Å². The second kappa shape index (κ2) is 6.02. The molecule has 0 aromatic carbocycles. The van der Waals surface area contributed by atoms with Gasteiger partial charge < -0.3 is 10.0 Å². The third-order valence-corrected chi connectivity index (χ3v) is 3.27. The molecule has 104 valence electrons. The summed E-state index contributed by atoms with van der Waals surface area (Å²) in [7, 11) is 0. The lowest BCUT2D eigenvalue weighted by molar-refractivity contribution is 0.0690. The van der Waals surface area contributed by atoms with Gasteiger partial charge in [-0.25, -0.2) is 9.78 Å². The van der Waals surface area contributed by atoms with E-state index in [0.717, 1.165) is 38.5 Å². The lowest BCUT2D eigenvalue weighted by Gasteiger charge is -2.36. The molecule has 0 unspecified atom stereocenters. The number of carbonyl (C=O) groups is 1. The normalized spacial score (nSPS) is 16.9. The fourth-order valence-electron chi connectivity index (χ4n) is 2.39. The predicted molar refractivity (Wildman–Crippen MR) is 74.7 cm³/mol. The molecule has 0 saturated carbocycles. The Balaban J connectivity index is 1.97. The van der Waals surface area contributed by atoms with Gasteiger partial charge in [0.15, 0.2) is 5.69 Å². The summed E-state index contributed by atoms with van der Waals surface area (Å²) in [6.45, 7) is 9.41. The third kappa shape index (κ3) is 3.67. The molecule has 2 rings (SSSR count). The fraction of sp³-hybridized carbons (Fsp3) is 0.571. The molecule has 2 heterocycles. The van der Waals surface area contributed by atoms with Gasteiger partial charge in [0.25, 0.3) is 0 Å². The van der Waals surface area contributed by atoms with Crippen molar-refractivity contribution in [2.24, 2.45) is 5.92 Å². The van der Waals surface area contributed by atoms with Gasteiger partial charge >= 0.3 is 5.97 Å². The van der Waals surface area contributed by atoms with E-state index in [-0.39, 0.29) is 5.69 Å². The maximum atomic E-state index is 10.9. The van der Waals surface area contributed by atoms with Crippen molar-refractivity contribution in [3.63, 3.8) is 0 Å². The molecule has 1 aromatic heterocycles. The molecule has 1 aliphatic rings. The summed E-state index contributed by atoms with van der Waals surface area (Å²) in [5, 5.41) is 8.96. The number of anilines is 1. The number of pyridine rings is 1. The number of aromatic nitrogens is 1. The molecule has 0 spiro atoms. The van der Waals surface area contributed by atoms with E-state index in [0.29, 0.717) is 5.92 Å². The predicted octanol–water partition coefficient (Wildman–Crippen LogP) is 1.56. The SMILES string of the molecule is CC(C)CN1CCN(c2cccc(C(=O)O)n2)CC1. The summed E-state index contributed by atoms with van der Waals surface area (Å²) >= 11 is 0. The molecule has 1 aromatic rings. The average molecular weight is 263 g/mol. The van der Waals surface area contributed by atoms with Crippen LogP contribution in [-0.4, -0.2) is 53.7 Å². The molecule has 1 saturated heterocycles. The highest BCUT2D eigenvalue weighted by atomic mass is 16.4. The summed E-state index contributed by atoms with van der Waals surface area (Å²) in [4.78, 5) is 19.7. The Morgan fingerprint density at radius 2 is 2.00 bits per heavy atom. The molecule has 1 N–H and O–H groups in total. The standard InChI is InChI=1S/C14H21N3O2/c1-11(2)10-16-6-8-17(9-7-16)13-5-3-4-12(15-13)14(18)19/h3-5,11H,6-10H2,1-2H3,(H,18,19). The van der Waals surface area contributed by atoms with Crippen LogP contribution in [0, 0.1) is 5.92 Å². The van der Waals surface area contributed by atoms with E-state index in [4.69, 9.17) is 5.11 Å². The van der Waals surface area contributed by atoms with Gasteiger partial charge in [0, 0.05) is 32.7 Å². The highest BCUT2D eigenvalue weighted by Gasteiger charge is 2.19. The van der Waals surface area contributed by atoms with Gasteiger partial charge in [-0.1, -0.05) is 19.9 Å². The van der Waals surface area contributed by atoms with Crippen LogP contribution in [0.1, 0.15) is 24.3 Å². The lowest BCUT2D eigenvalue weighted by atomic mass is 10.2. The number of hydrogen-bond acceptors (Lipinski definition) is 4. The van der Waals surface area contributed by atoms with Crippen molar-refractivity contribution in [2.45, 2.75) is 13.8 Å². The minimum atomic E-state index is -0.972. The zero-order valence-corrected chi connectivity index (χ0v) is 11.5. The van der Waals surface area contributed by atoms with Crippen LogP contribution >= 0.6 is 0 Å². The van der Waals surface area contributed by atoms with E-state index in [9.17, 15) is 4.79 Å². The molecule has 1 fully saturated rings. The van der Waals surface area contributed by atoms with Crippen LogP contribution in [0.25, 0.3) is 0 Å². The number of aromatic carboxylic acids is 1. The summed E-state index contributed by atoms with van der Waals surface area (Å²) in [5.74, 6) is 0.476. The van der Waals surface area contributed by atoms with Crippen molar-refractivity contribution in [1.29, 1.82) is 0 Å². The van der Waals surface area contributed by atoms with Crippen molar-refractivity contribution >= 4 is 11.8 Å². The Labute approximate surface area is 113 Å². The molecule has 5 heteroatoms. The van der Waals surface area contributed by atoms with E-state index in [1.165, 1.54) is 6.07 Å². The molecule has 0 radical (unpaired) electrons. The molecular formula is C14H21N3O2. The lowest BCUT2D eigenvalue weighted by Crippen LogP contribution is -2.47. The Bertz CT molecular complexity index is 440. The first kappa shape index (κ1) is 13.8. The Morgan fingerprint density at radius 3 is 2.58 bits per heavy atom. The van der Waals surface area contributed by atoms with Crippen molar-refractivity contribution in [2.75, 3.05) is 37.6 Å². The van der Waals surface area contributed by atoms with Crippen molar-refractivity contribution < 1.29 is 9.90 Å². The monoisotopic (exact) mass is 263 g/mol. The first-order valence-electron chi connectivity index (χ1n) is 6.74. The molecule has 0 atom stereocenters. The number of hydrogen-bond donors (Lipinski definition) is 1. The molecule has 1 aliphatic heterocycles. The second-order valence-electron chi connectivity index (χ2n) is 5.37. The van der Waals surface area contributed by atoms with Gasteiger partial charge in [-0.05, 0) is 18.1 Å². The van der Waals surface area contributed by atoms with Gasteiger partial charge in [-0.3, -0.25) is 4.90 Å². The maximum absolute atomic E-state index is 10.9. The summed E-state index contributed by atoms with van der Waals surface area (Å²) in [6.07, 6.45) is 0. The number of nitrogens with zero attached hydrogens (tertiary/aromatic N) is 3. The number of carboxylic acids is 1. The number of piperazine rings is 1. The summed E-state index contributed by atoms with van der Waals surface area (Å²) in [5.41, 5.74) is 0.113. The average Bonchev–Trinajstić information content (AvgIpc) is 2.39. The van der Waals surface area contributed by atoms with E-state index in [1.54, 1.807) is 6.07 Å². The van der Waals surface area contributed by atoms with E-state index in [1.807, 2.05) is 6.07 Å². The Morgan fingerprint density at radius 1 is 1.32 bits per heavy atom. The van der Waals surface area contributed by atoms with E-state index >= 15 is 0 Å². The highest BCUT2D eigenvalue weighted by molar-refractivity contribution is 5.85. The highest BCUT2D eigenvalue weighted by Crippen LogP contribution is 2.15. The second-order valence-corrected chi connectivity index (χ2v) is 5.37. The Hall–Kier alpha value is -1.62. The smallest absolute Gasteiger partial charge is 0.354 e. The van der Waals surface area contributed by atoms with Gasteiger partial charge in [0.2, 0.25) is 0 Å². The molecule has 5 nitrogen and oxygen atoms in total. The zero-order chi connectivity index (χ0) is 13.8. The van der Waals surface area contributed by atoms with Crippen LogP contribution < -0.4 is 4.90 Å². The minimum absolute atomic E-state index is 0.113. The van der Waals surface area contributed by atoms with Gasteiger partial charge in [0.1, 0.15) is 5.82 Å². The van der Waals surface area contributed by atoms with Crippen LogP contribution in [0.2, 0.25) is 0 Å². The third-order valence-electron chi connectivity index (χ3n) is 3.27. The summed E-state index contributed by atoms with van der Waals surface area (Å²) < 4.78 is 0.